The van der Waals surface area contributed by atoms with E-state index >= 15 is 0 Å². The normalized spacial score (nSPS) is 11.3. The van der Waals surface area contributed by atoms with Gasteiger partial charge in [-0.3, -0.25) is 0 Å². The van der Waals surface area contributed by atoms with Crippen LogP contribution in [0.4, 0.5) is 4.39 Å². The molecule has 0 unspecified atom stereocenters. The van der Waals surface area contributed by atoms with E-state index < -0.39 is 0 Å². The molecule has 0 amide bonds. The predicted molar refractivity (Wildman–Crippen MR) is 22.4 cm³/mol. The minimum atomic E-state index is 0.0509. The van der Waals surface area contributed by atoms with Gasteiger partial charge in [-0.25, -0.2) is 4.39 Å². The van der Waals surface area contributed by atoms with E-state index in [4.69, 9.17) is 5.73 Å². The van der Waals surface area contributed by atoms with Crippen molar-refractivity contribution in [3.8, 4) is 0 Å². The number of hydrogen-bond acceptors (Lipinski definition) is 2. The summed E-state index contributed by atoms with van der Waals surface area (Å²) in [6.45, 7) is 0. The molecule has 0 aromatic carbocycles. The molecule has 0 radical (unpaired) electrons. The van der Waals surface area contributed by atoms with Crippen LogP contribution in [-0.2, 0) is 0 Å². The molecule has 0 saturated heterocycles. The summed E-state index contributed by atoms with van der Waals surface area (Å²) in [4.78, 5) is 0. The first-order valence-electron chi connectivity index (χ1n) is 1.55. The van der Waals surface area contributed by atoms with Crippen molar-refractivity contribution in [3.05, 3.63) is 12.2 Å². The highest BCUT2D eigenvalue weighted by atomic mass is 19.1. The number of hydrogen-bond donors (Lipinski definition) is 2. The molecule has 3 N–H and O–H groups in total. The average molecular weight is 90.1 g/mol. The summed E-state index contributed by atoms with van der Waals surface area (Å²) in [5.74, 6) is 0.0509. The maximum Gasteiger partial charge on any atom is 0.126 e. The first-order chi connectivity index (χ1) is 2.81. The van der Waals surface area contributed by atoms with Crippen molar-refractivity contribution < 1.29 is 4.39 Å². The van der Waals surface area contributed by atoms with E-state index in [1.165, 1.54) is 0 Å². The maximum absolute atomic E-state index is 11.0. The number of nitrogens with one attached hydrogen (secondary N) is 1. The van der Waals surface area contributed by atoms with Crippen LogP contribution in [0, 0.1) is 0 Å². The molecule has 0 spiro atoms. The first kappa shape index (κ1) is 5.27. The molecule has 6 heavy (non-hydrogen) atoms. The third-order valence-electron chi connectivity index (χ3n) is 0.406. The highest BCUT2D eigenvalue weighted by Crippen LogP contribution is 1.71. The quantitative estimate of drug-likeness (QED) is 0.473. The summed E-state index contributed by atoms with van der Waals surface area (Å²) in [7, 11) is 1.55. The van der Waals surface area contributed by atoms with Crippen molar-refractivity contribution in [1.82, 2.24) is 5.32 Å². The Morgan fingerprint density at radius 1 is 2.00 bits per heavy atom. The van der Waals surface area contributed by atoms with E-state index in [0.29, 0.717) is 6.33 Å². The molecular weight excluding hydrogens is 83.0 g/mol. The fourth-order valence-electron chi connectivity index (χ4n) is 0.0546. The van der Waals surface area contributed by atoms with Crippen molar-refractivity contribution >= 4 is 0 Å². The van der Waals surface area contributed by atoms with Crippen molar-refractivity contribution in [3.63, 3.8) is 0 Å². The standard InChI is InChI=1S/C3H7FN2/c1-6-3(5)2-4/h2,6H,5H2,1H3/b3-2+. The third-order valence-corrected chi connectivity index (χ3v) is 0.406. The second kappa shape index (κ2) is 2.50. The lowest BCUT2D eigenvalue weighted by Gasteiger charge is -1.89. The van der Waals surface area contributed by atoms with Crippen LogP contribution in [0.15, 0.2) is 12.2 Å². The lowest BCUT2D eigenvalue weighted by Crippen LogP contribution is -2.13. The van der Waals surface area contributed by atoms with Gasteiger partial charge in [0.25, 0.3) is 0 Å². The molecule has 0 saturated carbocycles. The summed E-state index contributed by atoms with van der Waals surface area (Å²) in [6.07, 6.45) is 0.306. The summed E-state index contributed by atoms with van der Waals surface area (Å²) < 4.78 is 11.0. The highest BCUT2D eigenvalue weighted by Gasteiger charge is 1.73. The molecule has 36 valence electrons. The van der Waals surface area contributed by atoms with E-state index in [-0.39, 0.29) is 5.82 Å². The van der Waals surface area contributed by atoms with Gasteiger partial charge in [-0.2, -0.15) is 0 Å². The smallest absolute Gasteiger partial charge is 0.126 e. The van der Waals surface area contributed by atoms with Gasteiger partial charge >= 0.3 is 0 Å². The molecule has 2 nitrogen and oxygen atoms in total. The Morgan fingerprint density at radius 2 is 2.50 bits per heavy atom. The zero-order valence-electron chi connectivity index (χ0n) is 3.53. The Labute approximate surface area is 35.8 Å². The molecule has 0 aliphatic heterocycles. The van der Waals surface area contributed by atoms with Crippen LogP contribution >= 0.6 is 0 Å². The van der Waals surface area contributed by atoms with Crippen LogP contribution in [0.5, 0.6) is 0 Å². The fraction of sp³-hybridized carbons (Fsp3) is 0.333. The van der Waals surface area contributed by atoms with Gasteiger partial charge in [0.05, 0.1) is 0 Å². The van der Waals surface area contributed by atoms with Crippen molar-refractivity contribution in [2.24, 2.45) is 5.73 Å². The highest BCUT2D eigenvalue weighted by molar-refractivity contribution is 4.84. The predicted octanol–water partition coefficient (Wildman–Crippen LogP) is -0.0671. The van der Waals surface area contributed by atoms with Crippen LogP contribution in [0.2, 0.25) is 0 Å². The largest absolute Gasteiger partial charge is 0.384 e. The van der Waals surface area contributed by atoms with Gasteiger partial charge in [0, 0.05) is 7.05 Å². The summed E-state index contributed by atoms with van der Waals surface area (Å²) in [6, 6.07) is 0. The van der Waals surface area contributed by atoms with Gasteiger partial charge in [0.15, 0.2) is 0 Å². The minimum Gasteiger partial charge on any atom is -0.384 e. The van der Waals surface area contributed by atoms with Crippen molar-refractivity contribution in [2.75, 3.05) is 7.05 Å². The maximum atomic E-state index is 11.0. The van der Waals surface area contributed by atoms with E-state index in [0.717, 1.165) is 0 Å². The lowest BCUT2D eigenvalue weighted by atomic mass is 10.8. The molecule has 0 aromatic heterocycles. The minimum absolute atomic E-state index is 0.0509. The van der Waals surface area contributed by atoms with Gasteiger partial charge in [0.2, 0.25) is 0 Å². The summed E-state index contributed by atoms with van der Waals surface area (Å²) in [5.41, 5.74) is 4.85. The van der Waals surface area contributed by atoms with E-state index in [9.17, 15) is 4.39 Å². The molecular formula is C3H7FN2. The molecule has 3 heteroatoms. The molecule has 0 atom stereocenters. The number of rotatable bonds is 1. The zero-order chi connectivity index (χ0) is 4.99. The Kier molecular flexibility index (Phi) is 2.20. The van der Waals surface area contributed by atoms with Gasteiger partial charge in [-0.05, 0) is 0 Å². The molecule has 0 heterocycles. The second-order valence-electron chi connectivity index (χ2n) is 0.814. The number of halogens is 1. The van der Waals surface area contributed by atoms with Crippen LogP contribution in [0.3, 0.4) is 0 Å². The molecule has 0 fully saturated rings. The molecule has 0 aliphatic carbocycles. The van der Waals surface area contributed by atoms with Crippen molar-refractivity contribution in [1.29, 1.82) is 0 Å². The molecule has 0 rings (SSSR count). The van der Waals surface area contributed by atoms with Gasteiger partial charge in [-0.1, -0.05) is 0 Å². The van der Waals surface area contributed by atoms with Crippen LogP contribution in [0.25, 0.3) is 0 Å². The first-order valence-corrected chi connectivity index (χ1v) is 1.55. The molecule has 0 aromatic rings. The van der Waals surface area contributed by atoms with E-state index in [1.807, 2.05) is 0 Å². The molecule has 0 bridgehead atoms. The lowest BCUT2D eigenvalue weighted by molar-refractivity contribution is 0.691. The summed E-state index contributed by atoms with van der Waals surface area (Å²) >= 11 is 0. The number of nitrogens with two attached hydrogens (primary N) is 1. The Bertz CT molecular complexity index is 59.8. The van der Waals surface area contributed by atoms with Gasteiger partial charge < -0.3 is 11.1 Å². The Morgan fingerprint density at radius 3 is 2.50 bits per heavy atom. The Balaban J connectivity index is 3.22. The van der Waals surface area contributed by atoms with Crippen LogP contribution in [-0.4, -0.2) is 7.05 Å². The average Bonchev–Trinajstić information content (AvgIpc) is 1.65. The van der Waals surface area contributed by atoms with Crippen LogP contribution < -0.4 is 11.1 Å². The second-order valence-corrected chi connectivity index (χ2v) is 0.814. The Hall–Kier alpha value is -0.730. The third kappa shape index (κ3) is 1.58. The topological polar surface area (TPSA) is 38.0 Å². The molecule has 0 aliphatic rings. The summed E-state index contributed by atoms with van der Waals surface area (Å²) in [5, 5.41) is 2.38. The SMILES string of the molecule is CN/C(N)=C/F. The monoisotopic (exact) mass is 90.1 g/mol. The van der Waals surface area contributed by atoms with Crippen LogP contribution in [0.1, 0.15) is 0 Å². The van der Waals surface area contributed by atoms with E-state index in [2.05, 4.69) is 5.32 Å². The van der Waals surface area contributed by atoms with Gasteiger partial charge in [-0.15, -0.1) is 0 Å². The van der Waals surface area contributed by atoms with E-state index in [1.54, 1.807) is 7.05 Å². The zero-order valence-corrected chi connectivity index (χ0v) is 3.53. The van der Waals surface area contributed by atoms with Crippen molar-refractivity contribution in [2.45, 2.75) is 0 Å². The van der Waals surface area contributed by atoms with Gasteiger partial charge in [0.1, 0.15) is 12.2 Å². The fourth-order valence-corrected chi connectivity index (χ4v) is 0.0546.